The van der Waals surface area contributed by atoms with Crippen molar-refractivity contribution in [3.63, 3.8) is 0 Å². The van der Waals surface area contributed by atoms with Gasteiger partial charge < -0.3 is 5.32 Å². The lowest BCUT2D eigenvalue weighted by atomic mass is 10.0. The highest BCUT2D eigenvalue weighted by atomic mass is 79.9. The lowest BCUT2D eigenvalue weighted by Crippen LogP contribution is -2.31. The molecule has 1 nitrogen and oxygen atoms in total. The minimum absolute atomic E-state index is 0.0367. The van der Waals surface area contributed by atoms with Crippen molar-refractivity contribution >= 4 is 15.9 Å². The third kappa shape index (κ3) is 4.35. The van der Waals surface area contributed by atoms with Gasteiger partial charge >= 0.3 is 0 Å². The molecule has 2 aromatic rings. The summed E-state index contributed by atoms with van der Waals surface area (Å²) in [6, 6.07) is 12.0. The number of benzene rings is 2. The standard InChI is InChI=1S/C17H18BrF2N/c1-11(9-15-16(19)7-4-8-17(15)20)21-12(2)13-5-3-6-14(18)10-13/h3-8,10-12,21H,9H2,1-2H3. The fourth-order valence-electron chi connectivity index (χ4n) is 2.39. The molecule has 0 fully saturated rings. The van der Waals surface area contributed by atoms with Gasteiger partial charge in [0.25, 0.3) is 0 Å². The molecule has 112 valence electrons. The van der Waals surface area contributed by atoms with E-state index in [1.165, 1.54) is 18.2 Å². The van der Waals surface area contributed by atoms with E-state index in [0.29, 0.717) is 6.42 Å². The molecule has 0 amide bonds. The van der Waals surface area contributed by atoms with Gasteiger partial charge in [0, 0.05) is 22.1 Å². The van der Waals surface area contributed by atoms with E-state index in [9.17, 15) is 8.78 Å². The Bertz CT molecular complexity index is 595. The van der Waals surface area contributed by atoms with Gasteiger partial charge in [-0.25, -0.2) is 8.78 Å². The van der Waals surface area contributed by atoms with E-state index >= 15 is 0 Å². The lowest BCUT2D eigenvalue weighted by Gasteiger charge is -2.21. The average molecular weight is 354 g/mol. The minimum atomic E-state index is -0.487. The zero-order chi connectivity index (χ0) is 15.4. The van der Waals surface area contributed by atoms with Crippen molar-refractivity contribution < 1.29 is 8.78 Å². The molecule has 0 heterocycles. The van der Waals surface area contributed by atoms with Crippen LogP contribution in [0.25, 0.3) is 0 Å². The zero-order valence-corrected chi connectivity index (χ0v) is 13.6. The summed E-state index contributed by atoms with van der Waals surface area (Å²) < 4.78 is 28.3. The Hall–Kier alpha value is -1.26. The summed E-state index contributed by atoms with van der Waals surface area (Å²) in [5.74, 6) is -0.975. The van der Waals surface area contributed by atoms with Crippen LogP contribution in [0, 0.1) is 11.6 Å². The highest BCUT2D eigenvalue weighted by molar-refractivity contribution is 9.10. The summed E-state index contributed by atoms with van der Waals surface area (Å²) in [6.07, 6.45) is 0.316. The fourth-order valence-corrected chi connectivity index (χ4v) is 2.81. The molecule has 0 saturated carbocycles. The summed E-state index contributed by atoms with van der Waals surface area (Å²) in [4.78, 5) is 0. The quantitative estimate of drug-likeness (QED) is 0.796. The minimum Gasteiger partial charge on any atom is -0.307 e. The summed E-state index contributed by atoms with van der Waals surface area (Å²) in [6.45, 7) is 3.97. The van der Waals surface area contributed by atoms with Crippen LogP contribution in [-0.2, 0) is 6.42 Å². The summed E-state index contributed by atoms with van der Waals surface area (Å²) in [5.41, 5.74) is 1.27. The van der Waals surface area contributed by atoms with Crippen LogP contribution in [0.2, 0.25) is 0 Å². The Balaban J connectivity index is 2.03. The fraction of sp³-hybridized carbons (Fsp3) is 0.294. The SMILES string of the molecule is CC(Cc1c(F)cccc1F)NC(C)c1cccc(Br)c1. The van der Waals surface area contributed by atoms with Gasteiger partial charge in [-0.1, -0.05) is 34.1 Å². The van der Waals surface area contributed by atoms with Gasteiger partial charge in [-0.3, -0.25) is 0 Å². The predicted molar refractivity (Wildman–Crippen MR) is 85.2 cm³/mol. The molecule has 0 saturated heterocycles. The van der Waals surface area contributed by atoms with E-state index in [1.54, 1.807) is 0 Å². The van der Waals surface area contributed by atoms with Gasteiger partial charge in [0.15, 0.2) is 0 Å². The van der Waals surface area contributed by atoms with E-state index in [1.807, 2.05) is 38.1 Å². The second-order valence-corrected chi connectivity index (χ2v) is 6.16. The Kier molecular flexibility index (Phi) is 5.48. The van der Waals surface area contributed by atoms with Gasteiger partial charge in [-0.05, 0) is 50.1 Å². The molecule has 0 aliphatic rings. The van der Waals surface area contributed by atoms with Gasteiger partial charge in [-0.2, -0.15) is 0 Å². The van der Waals surface area contributed by atoms with E-state index in [2.05, 4.69) is 21.2 Å². The number of halogens is 3. The summed E-state index contributed by atoms with van der Waals surface area (Å²) >= 11 is 3.44. The van der Waals surface area contributed by atoms with Gasteiger partial charge in [0.1, 0.15) is 11.6 Å². The van der Waals surface area contributed by atoms with E-state index in [4.69, 9.17) is 0 Å². The lowest BCUT2D eigenvalue weighted by molar-refractivity contribution is 0.457. The first-order chi connectivity index (χ1) is 9.97. The molecule has 0 aliphatic carbocycles. The van der Waals surface area contributed by atoms with Crippen LogP contribution < -0.4 is 5.32 Å². The van der Waals surface area contributed by atoms with Gasteiger partial charge in [0.2, 0.25) is 0 Å². The van der Waals surface area contributed by atoms with Crippen molar-refractivity contribution in [2.24, 2.45) is 0 Å². The van der Waals surface area contributed by atoms with Crippen LogP contribution in [-0.4, -0.2) is 6.04 Å². The van der Waals surface area contributed by atoms with Crippen molar-refractivity contribution in [1.29, 1.82) is 0 Å². The smallest absolute Gasteiger partial charge is 0.129 e. The van der Waals surface area contributed by atoms with E-state index < -0.39 is 11.6 Å². The van der Waals surface area contributed by atoms with Crippen LogP contribution in [0.1, 0.15) is 31.0 Å². The average Bonchev–Trinajstić information content (AvgIpc) is 2.43. The van der Waals surface area contributed by atoms with Crippen molar-refractivity contribution in [1.82, 2.24) is 5.32 Å². The molecular formula is C17H18BrF2N. The van der Waals surface area contributed by atoms with Crippen molar-refractivity contribution in [2.45, 2.75) is 32.4 Å². The monoisotopic (exact) mass is 353 g/mol. The van der Waals surface area contributed by atoms with Crippen LogP contribution in [0.5, 0.6) is 0 Å². The largest absolute Gasteiger partial charge is 0.307 e. The molecule has 0 aromatic heterocycles. The third-order valence-corrected chi connectivity index (χ3v) is 3.95. The molecule has 0 spiro atoms. The van der Waals surface area contributed by atoms with Crippen molar-refractivity contribution in [3.8, 4) is 0 Å². The molecule has 21 heavy (non-hydrogen) atoms. The summed E-state index contributed by atoms with van der Waals surface area (Å²) in [7, 11) is 0. The van der Waals surface area contributed by atoms with E-state index in [0.717, 1.165) is 10.0 Å². The topological polar surface area (TPSA) is 12.0 Å². The Labute approximate surface area is 132 Å². The van der Waals surface area contributed by atoms with Crippen molar-refractivity contribution in [2.75, 3.05) is 0 Å². The maximum atomic E-state index is 13.7. The molecule has 2 atom stereocenters. The van der Waals surface area contributed by atoms with Crippen molar-refractivity contribution in [3.05, 3.63) is 69.7 Å². The maximum Gasteiger partial charge on any atom is 0.129 e. The Morgan fingerprint density at radius 2 is 1.67 bits per heavy atom. The highest BCUT2D eigenvalue weighted by Crippen LogP contribution is 2.20. The predicted octanol–water partition coefficient (Wildman–Crippen LogP) is 5.01. The molecule has 0 radical (unpaired) electrons. The van der Waals surface area contributed by atoms with Gasteiger partial charge in [-0.15, -0.1) is 0 Å². The Morgan fingerprint density at radius 1 is 1.05 bits per heavy atom. The number of hydrogen-bond acceptors (Lipinski definition) is 1. The molecular weight excluding hydrogens is 336 g/mol. The van der Waals surface area contributed by atoms with Crippen LogP contribution in [0.4, 0.5) is 8.78 Å². The first kappa shape index (κ1) is 16.1. The second-order valence-electron chi connectivity index (χ2n) is 5.25. The molecule has 2 unspecified atom stereocenters. The molecule has 2 rings (SSSR count). The molecule has 1 N–H and O–H groups in total. The molecule has 2 aromatic carbocycles. The zero-order valence-electron chi connectivity index (χ0n) is 12.0. The second kappa shape index (κ2) is 7.14. The van der Waals surface area contributed by atoms with E-state index in [-0.39, 0.29) is 17.6 Å². The first-order valence-corrected chi connectivity index (χ1v) is 7.71. The molecule has 0 aliphatic heterocycles. The highest BCUT2D eigenvalue weighted by Gasteiger charge is 2.15. The molecule has 4 heteroatoms. The normalized spacial score (nSPS) is 14.0. The number of hydrogen-bond donors (Lipinski definition) is 1. The number of nitrogens with one attached hydrogen (secondary N) is 1. The van der Waals surface area contributed by atoms with Crippen LogP contribution >= 0.6 is 15.9 Å². The maximum absolute atomic E-state index is 13.7. The van der Waals surface area contributed by atoms with Gasteiger partial charge in [0.05, 0.1) is 0 Å². The number of rotatable bonds is 5. The summed E-state index contributed by atoms with van der Waals surface area (Å²) in [5, 5.41) is 3.37. The first-order valence-electron chi connectivity index (χ1n) is 6.91. The van der Waals surface area contributed by atoms with Crippen LogP contribution in [0.3, 0.4) is 0 Å². The Morgan fingerprint density at radius 3 is 2.29 bits per heavy atom. The van der Waals surface area contributed by atoms with Crippen LogP contribution in [0.15, 0.2) is 46.9 Å². The molecule has 0 bridgehead atoms. The third-order valence-electron chi connectivity index (χ3n) is 3.46.